The number of ether oxygens (including phenoxy) is 2. The highest BCUT2D eigenvalue weighted by molar-refractivity contribution is 5.83. The van der Waals surface area contributed by atoms with Crippen molar-refractivity contribution in [3.05, 3.63) is 6.07 Å². The Balaban J connectivity index is 2.56. The molecule has 104 valence electrons. The maximum atomic E-state index is 11.3. The molecule has 0 aliphatic carbocycles. The Bertz CT molecular complexity index is 443. The number of nitrogens with zero attached hydrogens (tertiary/aromatic N) is 2. The number of aliphatic carboxylic acids is 1. The van der Waals surface area contributed by atoms with E-state index in [1.54, 1.807) is 0 Å². The van der Waals surface area contributed by atoms with Gasteiger partial charge in [-0.05, 0) is 0 Å². The van der Waals surface area contributed by atoms with Crippen molar-refractivity contribution in [2.45, 2.75) is 0 Å². The van der Waals surface area contributed by atoms with E-state index in [2.05, 4.69) is 20.6 Å². The lowest BCUT2D eigenvalue weighted by Gasteiger charge is -2.08. The van der Waals surface area contributed by atoms with Gasteiger partial charge in [0, 0.05) is 0 Å². The van der Waals surface area contributed by atoms with Crippen LogP contribution in [-0.2, 0) is 9.59 Å². The van der Waals surface area contributed by atoms with Gasteiger partial charge >= 0.3 is 5.97 Å². The standard InChI is InChI=1S/C10H14N4O5/c1-18-7-3-8(19-2)14-10(13-7)12-4-6(15)11-5-9(16)17/h3H,4-5H2,1-2H3,(H,11,15)(H,16,17)(H,12,13,14). The Kier molecular flexibility index (Phi) is 5.33. The molecule has 0 saturated heterocycles. The largest absolute Gasteiger partial charge is 0.481 e. The first kappa shape index (κ1) is 14.5. The first-order valence-electron chi connectivity index (χ1n) is 5.24. The van der Waals surface area contributed by atoms with Crippen LogP contribution in [-0.4, -0.2) is 54.3 Å². The van der Waals surface area contributed by atoms with Gasteiger partial charge < -0.3 is 25.2 Å². The summed E-state index contributed by atoms with van der Waals surface area (Å²) in [5.41, 5.74) is 0. The van der Waals surface area contributed by atoms with Crippen LogP contribution in [0.1, 0.15) is 0 Å². The van der Waals surface area contributed by atoms with Crippen molar-refractivity contribution in [3.8, 4) is 11.8 Å². The topological polar surface area (TPSA) is 123 Å². The van der Waals surface area contributed by atoms with Gasteiger partial charge in [-0.25, -0.2) is 0 Å². The molecule has 0 bridgehead atoms. The Hall–Kier alpha value is -2.58. The van der Waals surface area contributed by atoms with Gasteiger partial charge in [0.25, 0.3) is 0 Å². The number of carboxylic acid groups (broad SMARTS) is 1. The van der Waals surface area contributed by atoms with Gasteiger partial charge in [-0.2, -0.15) is 9.97 Å². The third kappa shape index (κ3) is 5.06. The monoisotopic (exact) mass is 270 g/mol. The minimum atomic E-state index is -1.12. The maximum Gasteiger partial charge on any atom is 0.322 e. The van der Waals surface area contributed by atoms with Crippen molar-refractivity contribution in [3.63, 3.8) is 0 Å². The quantitative estimate of drug-likeness (QED) is 0.583. The Morgan fingerprint density at radius 1 is 1.21 bits per heavy atom. The van der Waals surface area contributed by atoms with Gasteiger partial charge in [0.1, 0.15) is 6.54 Å². The number of methoxy groups -OCH3 is 2. The summed E-state index contributed by atoms with van der Waals surface area (Å²) in [6.07, 6.45) is 0. The molecule has 1 rings (SSSR count). The Morgan fingerprint density at radius 3 is 2.26 bits per heavy atom. The average Bonchev–Trinajstić information content (AvgIpc) is 2.42. The second-order valence-electron chi connectivity index (χ2n) is 3.30. The zero-order chi connectivity index (χ0) is 14.3. The van der Waals surface area contributed by atoms with Crippen LogP contribution >= 0.6 is 0 Å². The van der Waals surface area contributed by atoms with E-state index in [9.17, 15) is 9.59 Å². The molecule has 0 saturated carbocycles. The molecule has 1 heterocycles. The minimum absolute atomic E-state index is 0.140. The second-order valence-corrected chi connectivity index (χ2v) is 3.30. The van der Waals surface area contributed by atoms with E-state index >= 15 is 0 Å². The van der Waals surface area contributed by atoms with Crippen molar-refractivity contribution >= 4 is 17.8 Å². The van der Waals surface area contributed by atoms with Crippen LogP contribution in [0.4, 0.5) is 5.95 Å². The van der Waals surface area contributed by atoms with E-state index in [1.165, 1.54) is 20.3 Å². The van der Waals surface area contributed by atoms with Crippen molar-refractivity contribution in [1.29, 1.82) is 0 Å². The fraction of sp³-hybridized carbons (Fsp3) is 0.400. The fourth-order valence-electron chi connectivity index (χ4n) is 1.09. The number of rotatable bonds is 7. The molecule has 0 unspecified atom stereocenters. The van der Waals surface area contributed by atoms with Crippen LogP contribution in [0.15, 0.2) is 6.07 Å². The molecule has 0 aliphatic rings. The van der Waals surface area contributed by atoms with Crippen LogP contribution in [0.3, 0.4) is 0 Å². The molecule has 3 N–H and O–H groups in total. The van der Waals surface area contributed by atoms with E-state index in [0.717, 1.165) is 0 Å². The molecule has 1 aromatic heterocycles. The molecule has 0 aliphatic heterocycles. The summed E-state index contributed by atoms with van der Waals surface area (Å²) >= 11 is 0. The van der Waals surface area contributed by atoms with Gasteiger partial charge in [-0.1, -0.05) is 0 Å². The predicted molar refractivity (Wildman–Crippen MR) is 64.3 cm³/mol. The van der Waals surface area contributed by atoms with Crippen LogP contribution < -0.4 is 20.1 Å². The number of amides is 1. The molecular formula is C10H14N4O5. The summed E-state index contributed by atoms with van der Waals surface area (Å²) in [7, 11) is 2.87. The molecule has 0 fully saturated rings. The molecule has 1 amide bonds. The van der Waals surface area contributed by atoms with Crippen LogP contribution in [0.5, 0.6) is 11.8 Å². The number of hydrogen-bond acceptors (Lipinski definition) is 7. The van der Waals surface area contributed by atoms with Crippen LogP contribution in [0, 0.1) is 0 Å². The zero-order valence-corrected chi connectivity index (χ0v) is 10.5. The number of hydrogen-bond donors (Lipinski definition) is 3. The molecule has 0 aromatic carbocycles. The lowest BCUT2D eigenvalue weighted by molar-refractivity contribution is -0.137. The van der Waals surface area contributed by atoms with Gasteiger partial charge in [-0.15, -0.1) is 0 Å². The summed E-state index contributed by atoms with van der Waals surface area (Å²) in [6.45, 7) is -0.605. The molecular weight excluding hydrogens is 256 g/mol. The average molecular weight is 270 g/mol. The second kappa shape index (κ2) is 6.99. The number of aromatic nitrogens is 2. The summed E-state index contributed by atoms with van der Waals surface area (Å²) in [6, 6.07) is 1.48. The fourth-order valence-corrected chi connectivity index (χ4v) is 1.09. The lowest BCUT2D eigenvalue weighted by atomic mass is 10.5. The van der Waals surface area contributed by atoms with Crippen molar-refractivity contribution in [2.75, 3.05) is 32.6 Å². The normalized spacial score (nSPS) is 9.58. The molecule has 0 spiro atoms. The summed E-state index contributed by atoms with van der Waals surface area (Å²) in [5.74, 6) is -0.914. The smallest absolute Gasteiger partial charge is 0.322 e. The Morgan fingerprint density at radius 2 is 1.79 bits per heavy atom. The molecule has 19 heavy (non-hydrogen) atoms. The first-order chi connectivity index (χ1) is 9.05. The minimum Gasteiger partial charge on any atom is -0.481 e. The summed E-state index contributed by atoms with van der Waals surface area (Å²) < 4.78 is 9.87. The van der Waals surface area contributed by atoms with Crippen molar-refractivity contribution in [1.82, 2.24) is 15.3 Å². The highest BCUT2D eigenvalue weighted by Crippen LogP contribution is 2.16. The van der Waals surface area contributed by atoms with Crippen LogP contribution in [0.25, 0.3) is 0 Å². The number of nitrogens with one attached hydrogen (secondary N) is 2. The van der Waals surface area contributed by atoms with Crippen LogP contribution in [0.2, 0.25) is 0 Å². The number of carbonyl (C=O) groups excluding carboxylic acids is 1. The Labute approximate surface area is 109 Å². The van der Waals surface area contributed by atoms with Crippen molar-refractivity contribution in [2.24, 2.45) is 0 Å². The highest BCUT2D eigenvalue weighted by Gasteiger charge is 2.08. The third-order valence-electron chi connectivity index (χ3n) is 1.94. The SMILES string of the molecule is COc1cc(OC)nc(NCC(=O)NCC(=O)O)n1. The maximum absolute atomic E-state index is 11.3. The van der Waals surface area contributed by atoms with Gasteiger partial charge in [-0.3, -0.25) is 9.59 Å². The molecule has 1 aromatic rings. The van der Waals surface area contributed by atoms with E-state index in [-0.39, 0.29) is 24.3 Å². The predicted octanol–water partition coefficient (Wildman–Crippen LogP) is -0.893. The van der Waals surface area contributed by atoms with Gasteiger partial charge in [0.05, 0.1) is 26.8 Å². The third-order valence-corrected chi connectivity index (χ3v) is 1.94. The highest BCUT2D eigenvalue weighted by atomic mass is 16.5. The molecule has 0 radical (unpaired) electrons. The summed E-state index contributed by atoms with van der Waals surface area (Å²) in [5, 5.41) is 13.2. The number of carboxylic acids is 1. The van der Waals surface area contributed by atoms with E-state index < -0.39 is 18.4 Å². The number of carbonyl (C=O) groups is 2. The number of anilines is 1. The summed E-state index contributed by atoms with van der Waals surface area (Å²) in [4.78, 5) is 29.4. The van der Waals surface area contributed by atoms with Crippen molar-refractivity contribution < 1.29 is 24.2 Å². The molecule has 0 atom stereocenters. The van der Waals surface area contributed by atoms with Gasteiger partial charge in [0.2, 0.25) is 23.6 Å². The zero-order valence-electron chi connectivity index (χ0n) is 10.5. The van der Waals surface area contributed by atoms with E-state index in [0.29, 0.717) is 0 Å². The van der Waals surface area contributed by atoms with E-state index in [4.69, 9.17) is 14.6 Å². The van der Waals surface area contributed by atoms with E-state index in [1.807, 2.05) is 0 Å². The first-order valence-corrected chi connectivity index (χ1v) is 5.24. The molecule has 9 heteroatoms. The lowest BCUT2D eigenvalue weighted by Crippen LogP contribution is -2.34. The molecule has 9 nitrogen and oxygen atoms in total. The van der Waals surface area contributed by atoms with Gasteiger partial charge in [0.15, 0.2) is 0 Å².